The number of hydrogen-bond acceptors (Lipinski definition) is 6. The van der Waals surface area contributed by atoms with Gasteiger partial charge in [-0.3, -0.25) is 0 Å². The average molecular weight is 287 g/mol. The summed E-state index contributed by atoms with van der Waals surface area (Å²) in [6.45, 7) is 0.277. The Hall–Kier alpha value is -2.08. The van der Waals surface area contributed by atoms with E-state index in [0.29, 0.717) is 18.1 Å². The molecule has 1 fully saturated rings. The van der Waals surface area contributed by atoms with E-state index in [0.717, 1.165) is 42.7 Å². The maximum absolute atomic E-state index is 6.34. The Morgan fingerprint density at radius 1 is 1.14 bits per heavy atom. The van der Waals surface area contributed by atoms with E-state index in [2.05, 4.69) is 10.1 Å². The van der Waals surface area contributed by atoms with Crippen molar-refractivity contribution < 1.29 is 14.0 Å². The molecule has 1 aliphatic carbocycles. The van der Waals surface area contributed by atoms with Gasteiger partial charge in [-0.1, -0.05) is 24.1 Å². The number of nitrogens with two attached hydrogens (primary N) is 1. The van der Waals surface area contributed by atoms with Gasteiger partial charge >= 0.3 is 0 Å². The predicted octanol–water partition coefficient (Wildman–Crippen LogP) is 2.12. The summed E-state index contributed by atoms with van der Waals surface area (Å²) >= 11 is 0. The lowest BCUT2D eigenvalue weighted by Gasteiger charge is -2.17. The van der Waals surface area contributed by atoms with Crippen molar-refractivity contribution in [2.75, 3.05) is 6.79 Å². The zero-order valence-electron chi connectivity index (χ0n) is 11.7. The molecule has 0 spiro atoms. The SMILES string of the molecule is NC1(c2noc(Cc3ccc4c(c3)OCO4)n2)CCCC1. The third-order valence-corrected chi connectivity index (χ3v) is 4.20. The van der Waals surface area contributed by atoms with Gasteiger partial charge < -0.3 is 19.7 Å². The zero-order chi connectivity index (χ0) is 14.3. The fraction of sp³-hybridized carbons (Fsp3) is 0.467. The van der Waals surface area contributed by atoms with Crippen LogP contribution in [0.15, 0.2) is 22.7 Å². The summed E-state index contributed by atoms with van der Waals surface area (Å²) in [7, 11) is 0. The minimum absolute atomic E-state index is 0.277. The van der Waals surface area contributed by atoms with Crippen molar-refractivity contribution >= 4 is 0 Å². The molecule has 1 saturated carbocycles. The largest absolute Gasteiger partial charge is 0.454 e. The van der Waals surface area contributed by atoms with Gasteiger partial charge in [0.15, 0.2) is 17.3 Å². The molecule has 0 amide bonds. The van der Waals surface area contributed by atoms with E-state index in [1.54, 1.807) is 0 Å². The van der Waals surface area contributed by atoms with Crippen molar-refractivity contribution in [2.45, 2.75) is 37.6 Å². The number of rotatable bonds is 3. The number of fused-ring (bicyclic) bond motifs is 1. The van der Waals surface area contributed by atoms with E-state index >= 15 is 0 Å². The standard InChI is InChI=1S/C15H17N3O3/c16-15(5-1-2-6-15)14-17-13(21-18-14)8-10-3-4-11-12(7-10)20-9-19-11/h3-4,7H,1-2,5-6,8-9,16H2. The first-order valence-corrected chi connectivity index (χ1v) is 7.23. The molecule has 0 atom stereocenters. The minimum atomic E-state index is -0.406. The second-order valence-corrected chi connectivity index (χ2v) is 5.74. The monoisotopic (exact) mass is 287 g/mol. The predicted molar refractivity (Wildman–Crippen MR) is 74.0 cm³/mol. The molecule has 2 aliphatic rings. The number of benzene rings is 1. The molecule has 2 aromatic rings. The van der Waals surface area contributed by atoms with Gasteiger partial charge in [-0.15, -0.1) is 0 Å². The van der Waals surface area contributed by atoms with E-state index < -0.39 is 5.54 Å². The Bertz CT molecular complexity index is 662. The highest BCUT2D eigenvalue weighted by Crippen LogP contribution is 2.35. The van der Waals surface area contributed by atoms with Crippen molar-refractivity contribution in [1.82, 2.24) is 10.1 Å². The molecule has 6 heteroatoms. The smallest absolute Gasteiger partial charge is 0.231 e. The fourth-order valence-electron chi connectivity index (χ4n) is 2.98. The average Bonchev–Trinajstić information content (AvgIpc) is 3.18. The van der Waals surface area contributed by atoms with E-state index in [9.17, 15) is 0 Å². The van der Waals surface area contributed by atoms with Crippen LogP contribution in [0.25, 0.3) is 0 Å². The topological polar surface area (TPSA) is 83.4 Å². The Morgan fingerprint density at radius 2 is 1.95 bits per heavy atom. The van der Waals surface area contributed by atoms with Crippen molar-refractivity contribution in [3.63, 3.8) is 0 Å². The van der Waals surface area contributed by atoms with Crippen molar-refractivity contribution in [1.29, 1.82) is 0 Å². The van der Waals surface area contributed by atoms with Crippen LogP contribution in [0.4, 0.5) is 0 Å². The Balaban J connectivity index is 1.54. The van der Waals surface area contributed by atoms with Crippen LogP contribution in [0.5, 0.6) is 11.5 Å². The van der Waals surface area contributed by atoms with Gasteiger partial charge in [0.25, 0.3) is 0 Å². The Kier molecular flexibility index (Phi) is 2.85. The molecule has 4 rings (SSSR count). The molecule has 0 saturated heterocycles. The zero-order valence-corrected chi connectivity index (χ0v) is 11.7. The summed E-state index contributed by atoms with van der Waals surface area (Å²) in [6.07, 6.45) is 4.68. The quantitative estimate of drug-likeness (QED) is 0.931. The highest BCUT2D eigenvalue weighted by molar-refractivity contribution is 5.44. The first kappa shape index (κ1) is 12.6. The van der Waals surface area contributed by atoms with Crippen molar-refractivity contribution in [3.05, 3.63) is 35.5 Å². The van der Waals surface area contributed by atoms with Crippen LogP contribution >= 0.6 is 0 Å². The molecule has 0 unspecified atom stereocenters. The first-order valence-electron chi connectivity index (χ1n) is 7.23. The van der Waals surface area contributed by atoms with Gasteiger partial charge in [0.05, 0.1) is 12.0 Å². The fourth-order valence-corrected chi connectivity index (χ4v) is 2.98. The molecule has 1 aromatic heterocycles. The van der Waals surface area contributed by atoms with Gasteiger partial charge in [-0.05, 0) is 30.5 Å². The lowest BCUT2D eigenvalue weighted by Crippen LogP contribution is -2.34. The second kappa shape index (κ2) is 4.73. The van der Waals surface area contributed by atoms with E-state index in [-0.39, 0.29) is 6.79 Å². The van der Waals surface area contributed by atoms with Gasteiger partial charge in [0, 0.05) is 0 Å². The highest BCUT2D eigenvalue weighted by Gasteiger charge is 2.35. The van der Waals surface area contributed by atoms with E-state index in [1.807, 2.05) is 18.2 Å². The highest BCUT2D eigenvalue weighted by atomic mass is 16.7. The van der Waals surface area contributed by atoms with Crippen LogP contribution in [0, 0.1) is 0 Å². The number of nitrogens with zero attached hydrogens (tertiary/aromatic N) is 2. The summed E-state index contributed by atoms with van der Waals surface area (Å²) < 4.78 is 16.0. The van der Waals surface area contributed by atoms with Crippen LogP contribution in [-0.4, -0.2) is 16.9 Å². The Morgan fingerprint density at radius 3 is 2.81 bits per heavy atom. The molecule has 110 valence electrons. The van der Waals surface area contributed by atoms with Gasteiger partial charge in [0.1, 0.15) is 0 Å². The summed E-state index contributed by atoms with van der Waals surface area (Å²) in [4.78, 5) is 4.48. The molecule has 2 N–H and O–H groups in total. The third kappa shape index (κ3) is 2.25. The Labute approximate surface area is 122 Å². The van der Waals surface area contributed by atoms with Crippen LogP contribution < -0.4 is 15.2 Å². The molecule has 1 aromatic carbocycles. The lowest BCUT2D eigenvalue weighted by molar-refractivity contribution is 0.174. The summed E-state index contributed by atoms with van der Waals surface area (Å²) in [5, 5.41) is 4.07. The lowest BCUT2D eigenvalue weighted by atomic mass is 9.99. The van der Waals surface area contributed by atoms with Crippen LogP contribution in [-0.2, 0) is 12.0 Å². The summed E-state index contributed by atoms with van der Waals surface area (Å²) in [5.41, 5.74) is 6.98. The maximum atomic E-state index is 6.34. The van der Waals surface area contributed by atoms with Crippen molar-refractivity contribution in [2.24, 2.45) is 5.73 Å². The molecule has 21 heavy (non-hydrogen) atoms. The molecule has 0 radical (unpaired) electrons. The van der Waals surface area contributed by atoms with Gasteiger partial charge in [0.2, 0.25) is 12.7 Å². The molecule has 1 aliphatic heterocycles. The number of hydrogen-bond donors (Lipinski definition) is 1. The first-order chi connectivity index (χ1) is 10.2. The molecular formula is C15H17N3O3. The van der Waals surface area contributed by atoms with E-state index in [1.165, 1.54) is 0 Å². The maximum Gasteiger partial charge on any atom is 0.231 e. The third-order valence-electron chi connectivity index (χ3n) is 4.20. The minimum Gasteiger partial charge on any atom is -0.454 e. The molecule has 0 bridgehead atoms. The van der Waals surface area contributed by atoms with Crippen LogP contribution in [0.1, 0.15) is 43.0 Å². The molecule has 2 heterocycles. The summed E-state index contributed by atoms with van der Waals surface area (Å²) in [5.74, 6) is 2.76. The van der Waals surface area contributed by atoms with Crippen LogP contribution in [0.3, 0.4) is 0 Å². The number of ether oxygens (including phenoxy) is 2. The second-order valence-electron chi connectivity index (χ2n) is 5.74. The molecule has 6 nitrogen and oxygen atoms in total. The normalized spacial score (nSPS) is 19.1. The van der Waals surface area contributed by atoms with Gasteiger partial charge in [-0.2, -0.15) is 4.98 Å². The van der Waals surface area contributed by atoms with Crippen molar-refractivity contribution in [3.8, 4) is 11.5 Å². The molecular weight excluding hydrogens is 270 g/mol. The summed E-state index contributed by atoms with van der Waals surface area (Å²) in [6, 6.07) is 5.82. The van der Waals surface area contributed by atoms with Gasteiger partial charge in [-0.25, -0.2) is 0 Å². The van der Waals surface area contributed by atoms with Crippen LogP contribution in [0.2, 0.25) is 0 Å². The number of aromatic nitrogens is 2. The van der Waals surface area contributed by atoms with E-state index in [4.69, 9.17) is 19.7 Å².